The van der Waals surface area contributed by atoms with Crippen molar-refractivity contribution in [3.8, 4) is 44.5 Å². The molecule has 0 aliphatic heterocycles. The predicted octanol–water partition coefficient (Wildman–Crippen LogP) is 20.1. The molecule has 0 radical (unpaired) electrons. The lowest BCUT2D eigenvalue weighted by Gasteiger charge is -2.34. The second-order valence-corrected chi connectivity index (χ2v) is 23.8. The number of aryl methyl sites for hydroxylation is 1. The van der Waals surface area contributed by atoms with Crippen molar-refractivity contribution >= 4 is 17.1 Å². The first-order chi connectivity index (χ1) is 37.8. The highest BCUT2D eigenvalue weighted by Gasteiger charge is 2.48. The number of anilines is 3. The molecule has 11 aromatic carbocycles. The average molecular weight is 1000 g/mol. The van der Waals surface area contributed by atoms with Crippen LogP contribution in [0.5, 0.6) is 0 Å². The Balaban J connectivity index is 0.945. The second kappa shape index (κ2) is 18.7. The number of hydrogen-bond donors (Lipinski definition) is 0. The van der Waals surface area contributed by atoms with Gasteiger partial charge in [0.1, 0.15) is 0 Å². The van der Waals surface area contributed by atoms with Gasteiger partial charge in [0.2, 0.25) is 0 Å². The zero-order valence-electron chi connectivity index (χ0n) is 45.9. The van der Waals surface area contributed by atoms with Gasteiger partial charge >= 0.3 is 0 Å². The third kappa shape index (κ3) is 7.90. The zero-order chi connectivity index (χ0) is 53.4. The third-order valence-electron chi connectivity index (χ3n) is 17.0. The summed E-state index contributed by atoms with van der Waals surface area (Å²) in [4.78, 5) is 2.43. The van der Waals surface area contributed by atoms with E-state index in [0.717, 1.165) is 28.2 Å². The van der Waals surface area contributed by atoms with Crippen molar-refractivity contribution in [2.45, 2.75) is 70.1 Å². The summed E-state index contributed by atoms with van der Waals surface area (Å²) in [7, 11) is 0. The summed E-state index contributed by atoms with van der Waals surface area (Å²) in [6.07, 6.45) is 0. The van der Waals surface area contributed by atoms with E-state index in [1.54, 1.807) is 0 Å². The molecule has 378 valence electrons. The van der Waals surface area contributed by atoms with Crippen LogP contribution in [-0.2, 0) is 21.7 Å². The molecule has 0 heterocycles. The molecule has 0 fully saturated rings. The normalized spacial score (nSPS) is 16.2. The minimum atomic E-state index is -0.511. The van der Waals surface area contributed by atoms with Crippen molar-refractivity contribution in [3.05, 3.63) is 328 Å². The maximum atomic E-state index is 2.48. The van der Waals surface area contributed by atoms with Crippen molar-refractivity contribution in [1.82, 2.24) is 0 Å². The molecule has 11 aromatic rings. The Labute approximate surface area is 462 Å². The summed E-state index contributed by atoms with van der Waals surface area (Å²) in [5.74, 6) is 0. The minimum absolute atomic E-state index is 0.0416. The van der Waals surface area contributed by atoms with Crippen LogP contribution in [0.25, 0.3) is 44.5 Å². The van der Waals surface area contributed by atoms with Crippen LogP contribution in [0, 0.1) is 6.92 Å². The summed E-state index contributed by atoms with van der Waals surface area (Å²) in [6.45, 7) is 16.0. The summed E-state index contributed by atoms with van der Waals surface area (Å²) in [5.41, 5.74) is 26.4. The van der Waals surface area contributed by atoms with Crippen molar-refractivity contribution in [2.75, 3.05) is 4.90 Å². The summed E-state index contributed by atoms with van der Waals surface area (Å²) < 4.78 is 0. The van der Waals surface area contributed by atoms with E-state index in [0.29, 0.717) is 0 Å². The van der Waals surface area contributed by atoms with Crippen LogP contribution in [-0.4, -0.2) is 0 Å². The molecular weight excluding hydrogens is 939 g/mol. The maximum Gasteiger partial charge on any atom is 0.0713 e. The van der Waals surface area contributed by atoms with Gasteiger partial charge in [0.05, 0.1) is 10.8 Å². The predicted molar refractivity (Wildman–Crippen MR) is 329 cm³/mol. The molecule has 0 aromatic heterocycles. The van der Waals surface area contributed by atoms with Gasteiger partial charge in [0.15, 0.2) is 0 Å². The van der Waals surface area contributed by atoms with E-state index in [1.807, 2.05) is 0 Å². The molecule has 0 N–H and O–H groups in total. The molecule has 0 spiro atoms. The van der Waals surface area contributed by atoms with Gasteiger partial charge in [-0.1, -0.05) is 260 Å². The van der Waals surface area contributed by atoms with Crippen molar-refractivity contribution in [1.29, 1.82) is 0 Å². The number of fused-ring (bicyclic) bond motifs is 6. The lowest BCUT2D eigenvalue weighted by molar-refractivity contribution is 0.589. The molecule has 2 unspecified atom stereocenters. The lowest BCUT2D eigenvalue weighted by atomic mass is 9.67. The maximum absolute atomic E-state index is 2.48. The number of nitrogens with zero attached hydrogens (tertiary/aromatic N) is 1. The van der Waals surface area contributed by atoms with Gasteiger partial charge in [-0.3, -0.25) is 0 Å². The fourth-order valence-corrected chi connectivity index (χ4v) is 13.2. The van der Waals surface area contributed by atoms with E-state index >= 15 is 0 Å². The highest BCUT2D eigenvalue weighted by Crippen LogP contribution is 2.59. The first-order valence-corrected chi connectivity index (χ1v) is 27.7. The van der Waals surface area contributed by atoms with Gasteiger partial charge in [0.25, 0.3) is 0 Å². The summed E-state index contributed by atoms with van der Waals surface area (Å²) >= 11 is 0. The molecule has 78 heavy (non-hydrogen) atoms. The van der Waals surface area contributed by atoms with Crippen LogP contribution in [0.1, 0.15) is 103 Å². The smallest absolute Gasteiger partial charge is 0.0713 e. The number of hydrogen-bond acceptors (Lipinski definition) is 1. The topological polar surface area (TPSA) is 3.24 Å². The first-order valence-electron chi connectivity index (χ1n) is 27.7. The van der Waals surface area contributed by atoms with E-state index in [2.05, 4.69) is 320 Å². The Morgan fingerprint density at radius 1 is 0.269 bits per heavy atom. The van der Waals surface area contributed by atoms with Crippen molar-refractivity contribution in [2.24, 2.45) is 0 Å². The van der Waals surface area contributed by atoms with Gasteiger partial charge in [-0.25, -0.2) is 0 Å². The highest BCUT2D eigenvalue weighted by atomic mass is 15.1. The van der Waals surface area contributed by atoms with Gasteiger partial charge in [-0.05, 0) is 172 Å². The number of rotatable bonds is 9. The second-order valence-electron chi connectivity index (χ2n) is 23.8. The van der Waals surface area contributed by atoms with Gasteiger partial charge in [-0.15, -0.1) is 0 Å². The van der Waals surface area contributed by atoms with Crippen LogP contribution < -0.4 is 4.90 Å². The SMILES string of the molecule is Cc1cccc(N(c2cccc(-c3ccc4c(c3)C(c3ccccc3)(c3ccc(C(C)(C)C)cc3)c3ccccc3-4)c2)c2cccc(-c3ccc4c(c3)C(c3ccccc3)(c3ccc(C(C)(C)C)cc3)c3ccccc3-4)c2)c1. The minimum Gasteiger partial charge on any atom is -0.310 e. The molecular formula is C77H65N. The molecule has 0 saturated carbocycles. The number of benzene rings is 11. The Morgan fingerprint density at radius 2 is 0.615 bits per heavy atom. The van der Waals surface area contributed by atoms with E-state index in [-0.39, 0.29) is 10.8 Å². The Morgan fingerprint density at radius 3 is 1.03 bits per heavy atom. The first kappa shape index (κ1) is 48.8. The summed E-state index contributed by atoms with van der Waals surface area (Å²) in [6, 6.07) is 101. The molecule has 2 aliphatic rings. The zero-order valence-corrected chi connectivity index (χ0v) is 45.9. The van der Waals surface area contributed by atoms with Crippen LogP contribution in [0.3, 0.4) is 0 Å². The van der Waals surface area contributed by atoms with Gasteiger partial charge in [0, 0.05) is 17.1 Å². The van der Waals surface area contributed by atoms with Crippen molar-refractivity contribution < 1.29 is 0 Å². The lowest BCUT2D eigenvalue weighted by Crippen LogP contribution is -2.28. The standard InChI is InChI=1S/C77H65N/c1-52-21-18-28-63(47-52)78(64-29-19-22-53(48-64)55-35-45-68-66-31-14-16-33-70(66)76(72(68)50-55,59-24-10-8-11-25-59)61-41-37-57(38-42-61)74(2,3)4)65-30-20-23-54(49-65)56-36-46-69-67-32-15-17-34-71(67)77(73(69)51-56,60-26-12-9-13-27-60)62-43-39-58(40-44-62)75(5,6)7/h8-51H,1-7H3. The van der Waals surface area contributed by atoms with E-state index < -0.39 is 10.8 Å². The highest BCUT2D eigenvalue weighted by molar-refractivity contribution is 5.91. The van der Waals surface area contributed by atoms with Crippen LogP contribution >= 0.6 is 0 Å². The molecule has 2 aliphatic carbocycles. The fraction of sp³-hybridized carbons (Fsp3) is 0.143. The summed E-state index contributed by atoms with van der Waals surface area (Å²) in [5, 5.41) is 0. The third-order valence-corrected chi connectivity index (χ3v) is 17.0. The molecule has 1 nitrogen and oxygen atoms in total. The van der Waals surface area contributed by atoms with E-state index in [9.17, 15) is 0 Å². The quantitative estimate of drug-likeness (QED) is 0.139. The van der Waals surface area contributed by atoms with Crippen LogP contribution in [0.2, 0.25) is 0 Å². The molecule has 0 bridgehead atoms. The van der Waals surface area contributed by atoms with Crippen LogP contribution in [0.15, 0.2) is 267 Å². The Bertz CT molecular complexity index is 3800. The van der Waals surface area contributed by atoms with Crippen LogP contribution in [0.4, 0.5) is 17.1 Å². The molecule has 2 atom stereocenters. The fourth-order valence-electron chi connectivity index (χ4n) is 13.2. The molecule has 13 rings (SSSR count). The molecule has 0 saturated heterocycles. The van der Waals surface area contributed by atoms with Gasteiger partial charge in [-0.2, -0.15) is 0 Å². The monoisotopic (exact) mass is 1000 g/mol. The Kier molecular flexibility index (Phi) is 11.7. The Hall–Kier alpha value is -8.78. The van der Waals surface area contributed by atoms with Crippen molar-refractivity contribution in [3.63, 3.8) is 0 Å². The van der Waals surface area contributed by atoms with Gasteiger partial charge < -0.3 is 4.90 Å². The molecule has 0 amide bonds. The van der Waals surface area contributed by atoms with E-state index in [1.165, 1.54) is 94.6 Å². The average Bonchev–Trinajstić information content (AvgIpc) is 4.02. The van der Waals surface area contributed by atoms with E-state index in [4.69, 9.17) is 0 Å². The largest absolute Gasteiger partial charge is 0.310 e. The molecule has 1 heteroatoms.